The van der Waals surface area contributed by atoms with Crippen molar-refractivity contribution in [3.05, 3.63) is 97.6 Å². The number of nitrogens with zero attached hydrogens (tertiary/aromatic N) is 3. The van der Waals surface area contributed by atoms with Gasteiger partial charge in [-0.15, -0.1) is 0 Å². The average Bonchev–Trinajstić information content (AvgIpc) is 3.61. The van der Waals surface area contributed by atoms with E-state index in [9.17, 15) is 38.7 Å². The number of nitrogens with two attached hydrogens (primary N) is 2. The molecule has 6 amide bonds. The van der Waals surface area contributed by atoms with Crippen molar-refractivity contribution in [2.75, 3.05) is 32.7 Å². The number of rotatable bonds is 14. The molecule has 2 aromatic heterocycles. The number of carbonyl (C=O) groups excluding carboxylic acids is 6. The molecule has 7 rings (SSSR count). The number of aromatic nitrogens is 2. The van der Waals surface area contributed by atoms with Gasteiger partial charge in [-0.25, -0.2) is 19.0 Å². The monoisotopic (exact) mass is 839 g/mol. The van der Waals surface area contributed by atoms with Crippen molar-refractivity contribution in [3.63, 3.8) is 0 Å². The first-order valence-corrected chi connectivity index (χ1v) is 19.9. The summed E-state index contributed by atoms with van der Waals surface area (Å²) in [5.41, 5.74) is 12.7. The second-order valence-electron chi connectivity index (χ2n) is 15.3. The Balaban J connectivity index is 1.13. The molecular formula is C42H46FN9O9. The Morgan fingerprint density at radius 2 is 1.84 bits per heavy atom. The molecule has 1 aliphatic carbocycles. The van der Waals surface area contributed by atoms with Gasteiger partial charge in [-0.1, -0.05) is 37.3 Å². The first-order valence-electron chi connectivity index (χ1n) is 19.9. The van der Waals surface area contributed by atoms with E-state index in [1.165, 1.54) is 10.6 Å². The van der Waals surface area contributed by atoms with Gasteiger partial charge in [0.15, 0.2) is 5.60 Å². The quantitative estimate of drug-likeness (QED) is 0.0728. The minimum absolute atomic E-state index is 0.0423. The van der Waals surface area contributed by atoms with Crippen molar-refractivity contribution in [2.45, 2.75) is 70.4 Å². The average molecular weight is 840 g/mol. The Kier molecular flexibility index (Phi) is 11.9. The number of benzene rings is 2. The fraction of sp³-hybridized carbons (Fsp3) is 0.381. The zero-order valence-corrected chi connectivity index (χ0v) is 33.6. The van der Waals surface area contributed by atoms with Crippen molar-refractivity contribution in [1.29, 1.82) is 0 Å². The second kappa shape index (κ2) is 17.1. The molecule has 0 saturated heterocycles. The van der Waals surface area contributed by atoms with Crippen molar-refractivity contribution in [2.24, 2.45) is 11.5 Å². The number of ether oxygens (including phenoxy) is 1. The van der Waals surface area contributed by atoms with E-state index in [0.717, 1.165) is 10.5 Å². The van der Waals surface area contributed by atoms with Gasteiger partial charge in [0.2, 0.25) is 23.6 Å². The fourth-order valence-electron chi connectivity index (χ4n) is 8.43. The van der Waals surface area contributed by atoms with Crippen LogP contribution in [0.2, 0.25) is 0 Å². The molecule has 3 atom stereocenters. The van der Waals surface area contributed by atoms with Gasteiger partial charge in [0, 0.05) is 42.1 Å². The molecule has 3 aliphatic rings. The van der Waals surface area contributed by atoms with Crippen molar-refractivity contribution in [3.8, 4) is 11.4 Å². The van der Waals surface area contributed by atoms with E-state index in [1.54, 1.807) is 50.2 Å². The highest BCUT2D eigenvalue weighted by atomic mass is 19.1. The number of carbonyl (C=O) groups is 6. The van der Waals surface area contributed by atoms with Crippen LogP contribution in [0.3, 0.4) is 0 Å². The molecule has 4 aromatic rings. The molecule has 0 fully saturated rings. The molecule has 18 nitrogen and oxygen atoms in total. The number of hydrogen-bond donors (Lipinski definition) is 7. The van der Waals surface area contributed by atoms with Gasteiger partial charge in [-0.3, -0.25) is 24.0 Å². The lowest BCUT2D eigenvalue weighted by molar-refractivity contribution is -0.172. The number of nitrogens with one attached hydrogen (secondary N) is 4. The zero-order valence-electron chi connectivity index (χ0n) is 33.6. The molecule has 9 N–H and O–H groups in total. The maximum atomic E-state index is 15.4. The third kappa shape index (κ3) is 8.13. The largest absolute Gasteiger partial charge is 0.458 e. The van der Waals surface area contributed by atoms with Gasteiger partial charge >= 0.3 is 12.0 Å². The van der Waals surface area contributed by atoms with E-state index in [4.69, 9.17) is 21.2 Å². The van der Waals surface area contributed by atoms with Crippen molar-refractivity contribution in [1.82, 2.24) is 35.7 Å². The Bertz CT molecular complexity index is 2550. The SMILES string of the molecule is CC[C@@]1(O)C(=O)OCc2c1cc1n(c2=O)Cc2c-1nc1cc(F)c(C)c3c1c2[C@@H](NC(=O)NCCN(CC(N)=O)C(=O)[C@H](Cc1ccccc1)NC(=O)CNC(=O)CN)CC3. The van der Waals surface area contributed by atoms with Crippen LogP contribution in [-0.2, 0) is 60.3 Å². The molecule has 19 heteroatoms. The first-order chi connectivity index (χ1) is 29.1. The summed E-state index contributed by atoms with van der Waals surface area (Å²) in [6, 6.07) is 9.25. The number of halogens is 1. The molecule has 0 bridgehead atoms. The molecular weight excluding hydrogens is 794 g/mol. The third-order valence-corrected chi connectivity index (χ3v) is 11.6. The molecule has 0 radical (unpaired) electrons. The van der Waals surface area contributed by atoms with Crippen LogP contribution in [0.4, 0.5) is 9.18 Å². The Labute approximate surface area is 348 Å². The van der Waals surface area contributed by atoms with Crippen molar-refractivity contribution >= 4 is 46.5 Å². The van der Waals surface area contributed by atoms with Crippen LogP contribution in [0.1, 0.15) is 64.8 Å². The number of cyclic esters (lactones) is 1. The molecule has 320 valence electrons. The Morgan fingerprint density at radius 1 is 1.08 bits per heavy atom. The van der Waals surface area contributed by atoms with Crippen LogP contribution in [0.5, 0.6) is 0 Å². The van der Waals surface area contributed by atoms with Gasteiger partial charge in [0.1, 0.15) is 18.5 Å². The minimum atomic E-state index is -2.05. The number of fused-ring (bicyclic) bond motifs is 5. The third-order valence-electron chi connectivity index (χ3n) is 11.6. The highest BCUT2D eigenvalue weighted by molar-refractivity contribution is 5.94. The summed E-state index contributed by atoms with van der Waals surface area (Å²) in [5, 5.41) is 22.7. The lowest BCUT2D eigenvalue weighted by Gasteiger charge is -2.31. The van der Waals surface area contributed by atoms with E-state index in [-0.39, 0.29) is 56.8 Å². The molecule has 2 aromatic carbocycles. The first kappa shape index (κ1) is 42.4. The number of amides is 6. The number of hydrogen-bond acceptors (Lipinski definition) is 11. The van der Waals surface area contributed by atoms with Gasteiger partial charge < -0.3 is 52.0 Å². The molecule has 2 aliphatic heterocycles. The minimum Gasteiger partial charge on any atom is -0.458 e. The number of esters is 1. The summed E-state index contributed by atoms with van der Waals surface area (Å²) in [7, 11) is 0. The number of aryl methyl sites for hydroxylation is 1. The van der Waals surface area contributed by atoms with Gasteiger partial charge in [0.25, 0.3) is 5.56 Å². The highest BCUT2D eigenvalue weighted by Gasteiger charge is 2.46. The maximum absolute atomic E-state index is 15.4. The molecule has 4 heterocycles. The molecule has 61 heavy (non-hydrogen) atoms. The normalized spacial score (nSPS) is 17.6. The van der Waals surface area contributed by atoms with Gasteiger partial charge in [-0.05, 0) is 54.5 Å². The van der Waals surface area contributed by atoms with Crippen molar-refractivity contribution < 1.29 is 43.0 Å². The lowest BCUT2D eigenvalue weighted by Crippen LogP contribution is -2.54. The smallest absolute Gasteiger partial charge is 0.343 e. The van der Waals surface area contributed by atoms with Crippen LogP contribution in [0, 0.1) is 12.7 Å². The summed E-state index contributed by atoms with van der Waals surface area (Å²) in [6.07, 6.45) is 0.749. The molecule has 0 unspecified atom stereocenters. The van der Waals surface area contributed by atoms with Crippen LogP contribution in [0.15, 0.2) is 47.3 Å². The van der Waals surface area contributed by atoms with Crippen LogP contribution < -0.4 is 38.3 Å². The zero-order chi connectivity index (χ0) is 43.7. The lowest BCUT2D eigenvalue weighted by atomic mass is 9.81. The predicted molar refractivity (Wildman–Crippen MR) is 217 cm³/mol. The number of pyridine rings is 2. The fourth-order valence-corrected chi connectivity index (χ4v) is 8.43. The second-order valence-corrected chi connectivity index (χ2v) is 15.3. The van der Waals surface area contributed by atoms with Gasteiger partial charge in [0.05, 0.1) is 54.7 Å². The molecule has 0 saturated carbocycles. The van der Waals surface area contributed by atoms with Crippen LogP contribution in [-0.4, -0.2) is 94.0 Å². The van der Waals surface area contributed by atoms with Crippen LogP contribution >= 0.6 is 0 Å². The van der Waals surface area contributed by atoms with E-state index in [0.29, 0.717) is 57.4 Å². The maximum Gasteiger partial charge on any atom is 0.343 e. The van der Waals surface area contributed by atoms with E-state index >= 15 is 4.39 Å². The standard InChI is InChI=1S/C42H46FN9O9/c1-3-42(60)26-14-31-37-24(18-52(31)38(56)25(26)20-61-40(42)58)36-28(10-9-23-21(2)27(43)15-29(49-37)35(23)36)50-41(59)46-11-12-51(19-32(45)53)39(57)30(13-22-7-5-4-6-8-22)48-34(55)17-47-33(54)16-44/h4-8,14-15,28,30,60H,3,9-13,16-20,44H2,1-2H3,(H2,45,53)(H,47,54)(H,48,55)(H2,46,50,59)/t28-,30-,42-/m0/s1. The van der Waals surface area contributed by atoms with Gasteiger partial charge in [-0.2, -0.15) is 0 Å². The number of primary amides is 1. The van der Waals surface area contributed by atoms with Crippen LogP contribution in [0.25, 0.3) is 22.3 Å². The number of aliphatic hydroxyl groups is 1. The Morgan fingerprint density at radius 3 is 2.54 bits per heavy atom. The van der Waals surface area contributed by atoms with E-state index in [2.05, 4.69) is 21.3 Å². The summed E-state index contributed by atoms with van der Waals surface area (Å²) >= 11 is 0. The topological polar surface area (TPSA) is 270 Å². The number of urea groups is 1. The summed E-state index contributed by atoms with van der Waals surface area (Å²) in [4.78, 5) is 96.8. The Hall–Kier alpha value is -6.73. The summed E-state index contributed by atoms with van der Waals surface area (Å²) < 4.78 is 22.1. The summed E-state index contributed by atoms with van der Waals surface area (Å²) in [5.74, 6) is -4.06. The van der Waals surface area contributed by atoms with E-state index < -0.39 is 77.8 Å². The highest BCUT2D eigenvalue weighted by Crippen LogP contribution is 2.46. The molecule has 0 spiro atoms. The van der Waals surface area contributed by atoms with E-state index in [1.807, 2.05) is 0 Å². The predicted octanol–water partition coefficient (Wildman–Crippen LogP) is -0.0701. The summed E-state index contributed by atoms with van der Waals surface area (Å²) in [6.45, 7) is 1.38.